The first-order valence-electron chi connectivity index (χ1n) is 6.46. The van der Waals surface area contributed by atoms with E-state index in [2.05, 4.69) is 15.9 Å². The molecule has 0 aromatic heterocycles. The van der Waals surface area contributed by atoms with Crippen LogP contribution in [-0.4, -0.2) is 13.2 Å². The Balaban J connectivity index is 1.70. The lowest BCUT2D eigenvalue weighted by molar-refractivity contribution is 0.247. The fourth-order valence-electron chi connectivity index (χ4n) is 2.35. The fourth-order valence-corrected chi connectivity index (χ4v) is 2.67. The van der Waals surface area contributed by atoms with Gasteiger partial charge in [0.1, 0.15) is 17.3 Å². The monoisotopic (exact) mass is 336 g/mol. The van der Waals surface area contributed by atoms with Gasteiger partial charge in [0.2, 0.25) is 0 Å². The van der Waals surface area contributed by atoms with Gasteiger partial charge in [-0.1, -0.05) is 34.1 Å². The van der Waals surface area contributed by atoms with E-state index in [1.165, 1.54) is 12.1 Å². The van der Waals surface area contributed by atoms with Crippen molar-refractivity contribution in [2.45, 2.75) is 11.2 Å². The van der Waals surface area contributed by atoms with Gasteiger partial charge in [0, 0.05) is 17.0 Å². The Morgan fingerprint density at radius 2 is 2.10 bits per heavy atom. The molecular weight excluding hydrogens is 323 g/mol. The zero-order valence-electron chi connectivity index (χ0n) is 10.8. The van der Waals surface area contributed by atoms with Crippen LogP contribution in [0, 0.1) is 5.82 Å². The number of para-hydroxylation sites is 1. The van der Waals surface area contributed by atoms with Gasteiger partial charge in [0.15, 0.2) is 0 Å². The summed E-state index contributed by atoms with van der Waals surface area (Å²) in [5.41, 5.74) is 2.02. The number of fused-ring (bicyclic) bond motifs is 1. The molecule has 1 aliphatic rings. The van der Waals surface area contributed by atoms with Crippen LogP contribution >= 0.6 is 15.9 Å². The summed E-state index contributed by atoms with van der Waals surface area (Å²) >= 11 is 3.32. The molecule has 1 atom stereocenters. The highest BCUT2D eigenvalue weighted by Gasteiger charge is 2.24. The van der Waals surface area contributed by atoms with Crippen LogP contribution < -0.4 is 9.47 Å². The maximum Gasteiger partial charge on any atom is 0.127 e. The van der Waals surface area contributed by atoms with Gasteiger partial charge in [-0.2, -0.15) is 0 Å². The van der Waals surface area contributed by atoms with Gasteiger partial charge in [0.05, 0.1) is 19.1 Å². The van der Waals surface area contributed by atoms with E-state index >= 15 is 0 Å². The Kier molecular flexibility index (Phi) is 3.92. The molecule has 0 spiro atoms. The SMILES string of the molecule is Fc1cc(CBr)cc(OCC2COc3ccccc32)c1. The lowest BCUT2D eigenvalue weighted by atomic mass is 10.0. The van der Waals surface area contributed by atoms with Crippen LogP contribution in [0.2, 0.25) is 0 Å². The first-order valence-corrected chi connectivity index (χ1v) is 7.58. The lowest BCUT2D eigenvalue weighted by Gasteiger charge is -2.12. The average Bonchev–Trinajstić information content (AvgIpc) is 2.88. The van der Waals surface area contributed by atoms with Gasteiger partial charge in [-0.05, 0) is 23.8 Å². The Morgan fingerprint density at radius 3 is 2.95 bits per heavy atom. The molecule has 0 amide bonds. The largest absolute Gasteiger partial charge is 0.493 e. The quantitative estimate of drug-likeness (QED) is 0.776. The number of benzene rings is 2. The van der Waals surface area contributed by atoms with Crippen molar-refractivity contribution < 1.29 is 13.9 Å². The maximum atomic E-state index is 13.4. The van der Waals surface area contributed by atoms with E-state index in [-0.39, 0.29) is 11.7 Å². The highest BCUT2D eigenvalue weighted by atomic mass is 79.9. The normalized spacial score (nSPS) is 16.6. The van der Waals surface area contributed by atoms with Crippen molar-refractivity contribution in [1.82, 2.24) is 0 Å². The second-order valence-corrected chi connectivity index (χ2v) is 5.35. The molecule has 0 N–H and O–H groups in total. The standard InChI is InChI=1S/C16H14BrFO2/c17-8-11-5-13(18)7-14(6-11)19-9-12-10-20-16-4-2-1-3-15(12)16/h1-7,12H,8-10H2. The van der Waals surface area contributed by atoms with Crippen LogP contribution in [0.5, 0.6) is 11.5 Å². The Morgan fingerprint density at radius 1 is 1.25 bits per heavy atom. The van der Waals surface area contributed by atoms with E-state index in [1.54, 1.807) is 0 Å². The topological polar surface area (TPSA) is 18.5 Å². The summed E-state index contributed by atoms with van der Waals surface area (Å²) in [5.74, 6) is 1.40. The van der Waals surface area contributed by atoms with Crippen LogP contribution in [0.25, 0.3) is 0 Å². The summed E-state index contributed by atoms with van der Waals surface area (Å²) < 4.78 is 24.8. The van der Waals surface area contributed by atoms with Crippen molar-refractivity contribution in [3.8, 4) is 11.5 Å². The van der Waals surface area contributed by atoms with Crippen LogP contribution in [-0.2, 0) is 5.33 Å². The third kappa shape index (κ3) is 2.80. The summed E-state index contributed by atoms with van der Waals surface area (Å²) in [4.78, 5) is 0. The Hall–Kier alpha value is -1.55. The van der Waals surface area contributed by atoms with Gasteiger partial charge in [-0.25, -0.2) is 4.39 Å². The zero-order valence-corrected chi connectivity index (χ0v) is 12.4. The second kappa shape index (κ2) is 5.83. The highest BCUT2D eigenvalue weighted by molar-refractivity contribution is 9.08. The van der Waals surface area contributed by atoms with Gasteiger partial charge >= 0.3 is 0 Å². The summed E-state index contributed by atoms with van der Waals surface area (Å²) in [5, 5.41) is 0.608. The molecule has 1 heterocycles. The minimum absolute atomic E-state index is 0.196. The molecule has 2 aromatic rings. The van der Waals surface area contributed by atoms with Crippen LogP contribution in [0.4, 0.5) is 4.39 Å². The minimum atomic E-state index is -0.278. The van der Waals surface area contributed by atoms with Gasteiger partial charge < -0.3 is 9.47 Å². The number of hydrogen-bond acceptors (Lipinski definition) is 2. The number of rotatable bonds is 4. The third-order valence-corrected chi connectivity index (χ3v) is 3.98. The van der Waals surface area contributed by atoms with E-state index in [1.807, 2.05) is 30.3 Å². The summed E-state index contributed by atoms with van der Waals surface area (Å²) in [6.07, 6.45) is 0. The molecule has 4 heteroatoms. The van der Waals surface area contributed by atoms with Crippen LogP contribution in [0.15, 0.2) is 42.5 Å². The lowest BCUT2D eigenvalue weighted by Crippen LogP contribution is -2.11. The second-order valence-electron chi connectivity index (χ2n) is 4.79. The fraction of sp³-hybridized carbons (Fsp3) is 0.250. The minimum Gasteiger partial charge on any atom is -0.493 e. The van der Waals surface area contributed by atoms with Crippen molar-refractivity contribution in [3.63, 3.8) is 0 Å². The van der Waals surface area contributed by atoms with Crippen LogP contribution in [0.3, 0.4) is 0 Å². The molecule has 3 rings (SSSR count). The van der Waals surface area contributed by atoms with Crippen molar-refractivity contribution in [2.24, 2.45) is 0 Å². The molecular formula is C16H14BrFO2. The maximum absolute atomic E-state index is 13.4. The van der Waals surface area contributed by atoms with Crippen molar-refractivity contribution in [1.29, 1.82) is 0 Å². The summed E-state index contributed by atoms with van der Waals surface area (Å²) in [6, 6.07) is 12.7. The van der Waals surface area contributed by atoms with E-state index in [9.17, 15) is 4.39 Å². The molecule has 104 valence electrons. The number of ether oxygens (including phenoxy) is 2. The van der Waals surface area contributed by atoms with Crippen molar-refractivity contribution >= 4 is 15.9 Å². The first-order chi connectivity index (χ1) is 9.76. The molecule has 0 radical (unpaired) electrons. The third-order valence-electron chi connectivity index (χ3n) is 3.34. The summed E-state index contributed by atoms with van der Waals surface area (Å²) in [6.45, 7) is 1.10. The molecule has 0 bridgehead atoms. The molecule has 1 unspecified atom stereocenters. The summed E-state index contributed by atoms with van der Waals surface area (Å²) in [7, 11) is 0. The average molecular weight is 337 g/mol. The van der Waals surface area contributed by atoms with Crippen LogP contribution in [0.1, 0.15) is 17.0 Å². The number of alkyl halides is 1. The van der Waals surface area contributed by atoms with Crippen molar-refractivity contribution in [3.05, 3.63) is 59.4 Å². The molecule has 0 saturated heterocycles. The zero-order chi connectivity index (χ0) is 13.9. The molecule has 0 saturated carbocycles. The molecule has 1 aliphatic heterocycles. The van der Waals surface area contributed by atoms with E-state index in [4.69, 9.17) is 9.47 Å². The van der Waals surface area contributed by atoms with Gasteiger partial charge in [-0.15, -0.1) is 0 Å². The number of hydrogen-bond donors (Lipinski definition) is 0. The Bertz CT molecular complexity index is 615. The molecule has 2 nitrogen and oxygen atoms in total. The first kappa shape index (κ1) is 13.4. The smallest absolute Gasteiger partial charge is 0.127 e. The van der Waals surface area contributed by atoms with Gasteiger partial charge in [0.25, 0.3) is 0 Å². The van der Waals surface area contributed by atoms with Crippen molar-refractivity contribution in [2.75, 3.05) is 13.2 Å². The number of halogens is 2. The molecule has 20 heavy (non-hydrogen) atoms. The van der Waals surface area contributed by atoms with E-state index in [0.29, 0.717) is 24.3 Å². The van der Waals surface area contributed by atoms with E-state index in [0.717, 1.165) is 16.9 Å². The predicted octanol–water partition coefficient (Wildman–Crippen LogP) is 4.28. The van der Waals surface area contributed by atoms with Gasteiger partial charge in [-0.3, -0.25) is 0 Å². The van der Waals surface area contributed by atoms with E-state index < -0.39 is 0 Å². The predicted molar refractivity (Wildman–Crippen MR) is 79.2 cm³/mol. The Labute approximate surface area is 125 Å². The molecule has 0 aliphatic carbocycles. The molecule has 0 fully saturated rings. The molecule has 2 aromatic carbocycles. The highest BCUT2D eigenvalue weighted by Crippen LogP contribution is 2.33.